The molecule has 0 unspecified atom stereocenters. The molecule has 4 N–H and O–H groups in total. The van der Waals surface area contributed by atoms with Gasteiger partial charge in [0.05, 0.1) is 0 Å². The molecule has 0 radical (unpaired) electrons. The Balaban J connectivity index is 2.61. The summed E-state index contributed by atoms with van der Waals surface area (Å²) in [6.45, 7) is 0. The third-order valence-corrected chi connectivity index (χ3v) is 1.73. The number of hydrogen-bond donors (Lipinski definition) is 3. The van der Waals surface area contributed by atoms with Crippen molar-refractivity contribution in [1.29, 1.82) is 0 Å². The minimum atomic E-state index is -1.50. The first kappa shape index (κ1) is 8.09. The molecule has 0 saturated heterocycles. The van der Waals surface area contributed by atoms with Gasteiger partial charge < -0.3 is 20.2 Å². The molecule has 0 saturated carbocycles. The van der Waals surface area contributed by atoms with Crippen LogP contribution in [0, 0.1) is 0 Å². The lowest BCUT2D eigenvalue weighted by Crippen LogP contribution is -2.29. The van der Waals surface area contributed by atoms with E-state index >= 15 is 0 Å². The number of nitrogens with two attached hydrogens (primary N) is 1. The SMILES string of the molecule is Nc1nc2ccc(B(O)O)cc2o1. The van der Waals surface area contributed by atoms with Gasteiger partial charge in [0.15, 0.2) is 5.58 Å². The molecule has 0 atom stereocenters. The number of nitrogens with zero attached hydrogens (tertiary/aromatic N) is 1. The van der Waals surface area contributed by atoms with E-state index in [1.165, 1.54) is 6.07 Å². The number of nitrogen functional groups attached to an aromatic ring is 1. The Kier molecular flexibility index (Phi) is 1.71. The van der Waals surface area contributed by atoms with Crippen molar-refractivity contribution in [2.75, 3.05) is 5.73 Å². The van der Waals surface area contributed by atoms with Gasteiger partial charge >= 0.3 is 7.12 Å². The fourth-order valence-corrected chi connectivity index (χ4v) is 1.12. The van der Waals surface area contributed by atoms with Crippen molar-refractivity contribution < 1.29 is 14.5 Å². The van der Waals surface area contributed by atoms with Gasteiger partial charge in [-0.25, -0.2) is 0 Å². The highest BCUT2D eigenvalue weighted by Crippen LogP contribution is 2.14. The monoisotopic (exact) mass is 178 g/mol. The summed E-state index contributed by atoms with van der Waals surface area (Å²) < 4.78 is 5.00. The van der Waals surface area contributed by atoms with Crippen LogP contribution >= 0.6 is 0 Å². The number of hydrogen-bond acceptors (Lipinski definition) is 5. The number of oxazole rings is 1. The van der Waals surface area contributed by atoms with Crippen molar-refractivity contribution in [1.82, 2.24) is 4.98 Å². The molecule has 1 heterocycles. The fourth-order valence-electron chi connectivity index (χ4n) is 1.12. The second kappa shape index (κ2) is 2.76. The van der Waals surface area contributed by atoms with Crippen LogP contribution in [0.2, 0.25) is 0 Å². The zero-order valence-electron chi connectivity index (χ0n) is 6.64. The van der Waals surface area contributed by atoms with Crippen molar-refractivity contribution in [2.24, 2.45) is 0 Å². The maximum absolute atomic E-state index is 8.85. The van der Waals surface area contributed by atoms with Crippen LogP contribution in [0.1, 0.15) is 0 Å². The Hall–Kier alpha value is -1.53. The van der Waals surface area contributed by atoms with Gasteiger partial charge in [-0.3, -0.25) is 0 Å². The van der Waals surface area contributed by atoms with E-state index in [0.717, 1.165) is 0 Å². The van der Waals surface area contributed by atoms with Gasteiger partial charge in [-0.1, -0.05) is 6.07 Å². The summed E-state index contributed by atoms with van der Waals surface area (Å²) >= 11 is 0. The molecular weight excluding hydrogens is 171 g/mol. The van der Waals surface area contributed by atoms with Gasteiger partial charge in [-0.15, -0.1) is 0 Å². The van der Waals surface area contributed by atoms with Crippen LogP contribution in [-0.2, 0) is 0 Å². The lowest BCUT2D eigenvalue weighted by atomic mass is 9.80. The predicted molar refractivity (Wildman–Crippen MR) is 48.2 cm³/mol. The molecule has 0 spiro atoms. The molecule has 66 valence electrons. The minimum Gasteiger partial charge on any atom is -0.424 e. The van der Waals surface area contributed by atoms with Gasteiger partial charge in [0.25, 0.3) is 6.01 Å². The minimum absolute atomic E-state index is 0.0691. The molecule has 0 aliphatic heterocycles. The topological polar surface area (TPSA) is 92.5 Å². The first-order chi connectivity index (χ1) is 6.16. The molecule has 6 heteroatoms. The molecule has 0 aliphatic carbocycles. The molecule has 1 aromatic heterocycles. The van der Waals surface area contributed by atoms with Gasteiger partial charge in [0.1, 0.15) is 5.52 Å². The third-order valence-electron chi connectivity index (χ3n) is 1.73. The first-order valence-corrected chi connectivity index (χ1v) is 3.69. The zero-order valence-corrected chi connectivity index (χ0v) is 6.64. The van der Waals surface area contributed by atoms with Crippen LogP contribution in [0.25, 0.3) is 11.1 Å². The second-order valence-electron chi connectivity index (χ2n) is 2.65. The normalized spacial score (nSPS) is 10.6. The molecule has 2 aromatic rings. The molecule has 0 amide bonds. The lowest BCUT2D eigenvalue weighted by molar-refractivity contribution is 0.425. The van der Waals surface area contributed by atoms with E-state index in [2.05, 4.69) is 4.98 Å². The van der Waals surface area contributed by atoms with E-state index in [4.69, 9.17) is 20.2 Å². The zero-order chi connectivity index (χ0) is 9.42. The summed E-state index contributed by atoms with van der Waals surface area (Å²) in [4.78, 5) is 3.86. The van der Waals surface area contributed by atoms with Crippen molar-refractivity contribution >= 4 is 29.7 Å². The summed E-state index contributed by atoms with van der Waals surface area (Å²) in [6, 6.07) is 4.72. The molecule has 0 aliphatic rings. The van der Waals surface area contributed by atoms with E-state index in [9.17, 15) is 0 Å². The fraction of sp³-hybridized carbons (Fsp3) is 0. The van der Waals surface area contributed by atoms with Crippen LogP contribution in [-0.4, -0.2) is 22.2 Å². The van der Waals surface area contributed by atoms with Crippen molar-refractivity contribution in [2.45, 2.75) is 0 Å². The van der Waals surface area contributed by atoms with Gasteiger partial charge in [0.2, 0.25) is 0 Å². The predicted octanol–water partition coefficient (Wildman–Crippen LogP) is -0.910. The Labute approximate surface area is 73.9 Å². The molecule has 1 aromatic carbocycles. The quantitative estimate of drug-likeness (QED) is 0.491. The summed E-state index contributed by atoms with van der Waals surface area (Å²) in [6.07, 6.45) is 0. The Morgan fingerprint density at radius 3 is 2.85 bits per heavy atom. The summed E-state index contributed by atoms with van der Waals surface area (Å²) in [5, 5.41) is 17.7. The Morgan fingerprint density at radius 2 is 2.15 bits per heavy atom. The molecule has 2 rings (SSSR count). The maximum atomic E-state index is 8.85. The van der Waals surface area contributed by atoms with Crippen molar-refractivity contribution in [3.63, 3.8) is 0 Å². The van der Waals surface area contributed by atoms with Gasteiger partial charge in [-0.2, -0.15) is 4.98 Å². The van der Waals surface area contributed by atoms with Crippen LogP contribution in [0.15, 0.2) is 22.6 Å². The highest BCUT2D eigenvalue weighted by atomic mass is 16.4. The van der Waals surface area contributed by atoms with Crippen molar-refractivity contribution in [3.05, 3.63) is 18.2 Å². The highest BCUT2D eigenvalue weighted by Gasteiger charge is 2.12. The third kappa shape index (κ3) is 1.37. The highest BCUT2D eigenvalue weighted by molar-refractivity contribution is 6.58. The number of aromatic nitrogens is 1. The first-order valence-electron chi connectivity index (χ1n) is 3.69. The number of rotatable bonds is 1. The number of anilines is 1. The maximum Gasteiger partial charge on any atom is 0.488 e. The van der Waals surface area contributed by atoms with Crippen molar-refractivity contribution in [3.8, 4) is 0 Å². The Morgan fingerprint density at radius 1 is 1.38 bits per heavy atom. The summed E-state index contributed by atoms with van der Waals surface area (Å²) in [5.41, 5.74) is 6.71. The van der Waals surface area contributed by atoms with Crippen LogP contribution in [0.3, 0.4) is 0 Å². The molecular formula is C7H7BN2O3. The number of benzene rings is 1. The second-order valence-corrected chi connectivity index (χ2v) is 2.65. The van der Waals surface area contributed by atoms with Crippen LogP contribution in [0.5, 0.6) is 0 Å². The van der Waals surface area contributed by atoms with Gasteiger partial charge in [0, 0.05) is 0 Å². The standard InChI is InChI=1S/C7H7BN2O3/c9-7-10-5-2-1-4(8(11)12)3-6(5)13-7/h1-3,11-12H,(H2,9,10). The lowest BCUT2D eigenvalue weighted by Gasteiger charge is -1.96. The summed E-state index contributed by atoms with van der Waals surface area (Å²) in [5.74, 6) is 0. The van der Waals surface area contributed by atoms with Crippen LogP contribution < -0.4 is 11.2 Å². The van der Waals surface area contributed by atoms with E-state index < -0.39 is 7.12 Å². The largest absolute Gasteiger partial charge is 0.488 e. The summed E-state index contributed by atoms with van der Waals surface area (Å²) in [7, 11) is -1.50. The van der Waals surface area contributed by atoms with E-state index in [-0.39, 0.29) is 6.01 Å². The number of fused-ring (bicyclic) bond motifs is 1. The van der Waals surface area contributed by atoms with E-state index in [1.54, 1.807) is 12.1 Å². The van der Waals surface area contributed by atoms with Gasteiger partial charge in [-0.05, 0) is 17.6 Å². The molecule has 5 nitrogen and oxygen atoms in total. The molecule has 13 heavy (non-hydrogen) atoms. The van der Waals surface area contributed by atoms with E-state index in [1.807, 2.05) is 0 Å². The molecule has 0 bridgehead atoms. The van der Waals surface area contributed by atoms with Crippen LogP contribution in [0.4, 0.5) is 6.01 Å². The average molecular weight is 178 g/mol. The Bertz CT molecular complexity index is 440. The smallest absolute Gasteiger partial charge is 0.424 e. The van der Waals surface area contributed by atoms with E-state index in [0.29, 0.717) is 16.6 Å². The average Bonchev–Trinajstić information content (AvgIpc) is 2.42. The molecule has 0 fully saturated rings.